The lowest BCUT2D eigenvalue weighted by Crippen LogP contribution is -2.45. The van der Waals surface area contributed by atoms with E-state index in [2.05, 4.69) is 27.7 Å². The Labute approximate surface area is 168 Å². The Bertz CT molecular complexity index is 778. The predicted molar refractivity (Wildman–Crippen MR) is 107 cm³/mol. The Hall–Kier alpha value is -1.60. The van der Waals surface area contributed by atoms with Crippen LogP contribution >= 0.6 is 22.9 Å². The smallest absolute Gasteiger partial charge is 0.226 e. The molecule has 2 aliphatic rings. The van der Waals surface area contributed by atoms with Crippen molar-refractivity contribution >= 4 is 28.8 Å². The van der Waals surface area contributed by atoms with Gasteiger partial charge in [-0.1, -0.05) is 17.7 Å². The minimum atomic E-state index is -0.190. The molecule has 7 heteroatoms. The van der Waals surface area contributed by atoms with Crippen molar-refractivity contribution in [2.45, 2.75) is 12.5 Å². The second kappa shape index (κ2) is 8.61. The minimum Gasteiger partial charge on any atom is -0.492 e. The van der Waals surface area contributed by atoms with E-state index in [0.29, 0.717) is 24.6 Å². The number of fused-ring (bicyclic) bond motifs is 1. The zero-order valence-electron chi connectivity index (χ0n) is 15.0. The van der Waals surface area contributed by atoms with Gasteiger partial charge in [0.15, 0.2) is 0 Å². The molecule has 0 radical (unpaired) electrons. The first kappa shape index (κ1) is 18.7. The molecule has 0 unspecified atom stereocenters. The fraction of sp³-hybridized carbons (Fsp3) is 0.450. The molecule has 5 nitrogen and oxygen atoms in total. The summed E-state index contributed by atoms with van der Waals surface area (Å²) < 4.78 is 11.2. The van der Waals surface area contributed by atoms with Gasteiger partial charge in [-0.15, -0.1) is 11.3 Å². The maximum Gasteiger partial charge on any atom is 0.226 e. The number of amides is 1. The number of morpholine rings is 1. The van der Waals surface area contributed by atoms with E-state index < -0.39 is 0 Å². The predicted octanol–water partition coefficient (Wildman–Crippen LogP) is 3.14. The van der Waals surface area contributed by atoms with Gasteiger partial charge >= 0.3 is 0 Å². The lowest BCUT2D eigenvalue weighted by Gasteiger charge is -2.34. The molecule has 3 heterocycles. The topological polar surface area (TPSA) is 50.8 Å². The van der Waals surface area contributed by atoms with Crippen LogP contribution < -0.4 is 10.1 Å². The second-order valence-corrected chi connectivity index (χ2v) is 8.30. The molecule has 1 fully saturated rings. The summed E-state index contributed by atoms with van der Waals surface area (Å²) in [5.41, 5.74) is 0.997. The van der Waals surface area contributed by atoms with Gasteiger partial charge in [0.1, 0.15) is 12.4 Å². The van der Waals surface area contributed by atoms with E-state index in [4.69, 9.17) is 21.1 Å². The molecule has 1 amide bonds. The van der Waals surface area contributed by atoms with Crippen molar-refractivity contribution in [3.63, 3.8) is 0 Å². The van der Waals surface area contributed by atoms with E-state index in [-0.39, 0.29) is 17.9 Å². The van der Waals surface area contributed by atoms with E-state index >= 15 is 0 Å². The third kappa shape index (κ3) is 4.46. The number of carbonyl (C=O) groups excluding carboxylic acids is 1. The number of nitrogens with one attached hydrogen (secondary N) is 1. The summed E-state index contributed by atoms with van der Waals surface area (Å²) in [6.07, 6.45) is 0.656. The number of ether oxygens (including phenoxy) is 2. The molecular formula is C20H23ClN2O3S. The monoisotopic (exact) mass is 406 g/mol. The summed E-state index contributed by atoms with van der Waals surface area (Å²) in [4.78, 5) is 16.4. The van der Waals surface area contributed by atoms with Crippen LogP contribution in [0, 0.1) is 5.92 Å². The summed E-state index contributed by atoms with van der Waals surface area (Å²) in [5.74, 6) is 0.674. The maximum absolute atomic E-state index is 12.8. The van der Waals surface area contributed by atoms with Crippen LogP contribution in [-0.4, -0.2) is 50.3 Å². The highest BCUT2D eigenvalue weighted by atomic mass is 35.5. The standard InChI is InChI=1S/C20H23ClN2O3S/c21-16-3-4-18-14(11-16)10-15(13-26-18)20(24)22-12-17(19-2-1-9-27-19)23-5-7-25-8-6-23/h1-4,9,11,15,17H,5-8,10,12-13H2,(H,22,24)/t15-,17-/m0/s1. The molecule has 1 N–H and O–H groups in total. The molecule has 2 aliphatic heterocycles. The highest BCUT2D eigenvalue weighted by Gasteiger charge is 2.28. The first-order valence-corrected chi connectivity index (χ1v) is 10.5. The minimum absolute atomic E-state index is 0.0374. The Kier molecular flexibility index (Phi) is 5.98. The highest BCUT2D eigenvalue weighted by Crippen LogP contribution is 2.30. The van der Waals surface area contributed by atoms with Crippen LogP contribution in [0.25, 0.3) is 0 Å². The van der Waals surface area contributed by atoms with Crippen LogP contribution in [0.2, 0.25) is 5.02 Å². The van der Waals surface area contributed by atoms with E-state index in [1.165, 1.54) is 4.88 Å². The zero-order chi connectivity index (χ0) is 18.6. The number of rotatable bonds is 5. The normalized spacial score (nSPS) is 21.1. The lowest BCUT2D eigenvalue weighted by atomic mass is 9.96. The summed E-state index contributed by atoms with van der Waals surface area (Å²) in [5, 5.41) is 5.91. The Morgan fingerprint density at radius 3 is 2.96 bits per heavy atom. The average molecular weight is 407 g/mol. The van der Waals surface area contributed by atoms with Gasteiger partial charge in [-0.3, -0.25) is 9.69 Å². The molecule has 1 aromatic heterocycles. The van der Waals surface area contributed by atoms with E-state index in [1.54, 1.807) is 11.3 Å². The summed E-state index contributed by atoms with van der Waals surface area (Å²) in [6.45, 7) is 4.25. The van der Waals surface area contributed by atoms with Crippen molar-refractivity contribution < 1.29 is 14.3 Å². The first-order valence-electron chi connectivity index (χ1n) is 9.25. The van der Waals surface area contributed by atoms with Crippen molar-refractivity contribution in [3.05, 3.63) is 51.2 Å². The molecule has 1 aromatic carbocycles. The van der Waals surface area contributed by atoms with Crippen molar-refractivity contribution in [3.8, 4) is 5.75 Å². The van der Waals surface area contributed by atoms with Crippen molar-refractivity contribution in [2.75, 3.05) is 39.5 Å². The summed E-state index contributed by atoms with van der Waals surface area (Å²) >= 11 is 7.81. The zero-order valence-corrected chi connectivity index (χ0v) is 16.6. The SMILES string of the molecule is O=C(NC[C@@H](c1cccs1)N1CCOCC1)[C@@H]1COc2ccc(Cl)cc2C1. The van der Waals surface area contributed by atoms with Gasteiger partial charge in [-0.25, -0.2) is 0 Å². The highest BCUT2D eigenvalue weighted by molar-refractivity contribution is 7.10. The third-order valence-electron chi connectivity index (χ3n) is 5.13. The van der Waals surface area contributed by atoms with Gasteiger partial charge in [-0.05, 0) is 41.6 Å². The Morgan fingerprint density at radius 2 is 2.19 bits per heavy atom. The molecule has 0 bridgehead atoms. The molecule has 144 valence electrons. The fourth-order valence-electron chi connectivity index (χ4n) is 3.65. The third-order valence-corrected chi connectivity index (χ3v) is 6.34. The molecule has 0 spiro atoms. The molecule has 27 heavy (non-hydrogen) atoms. The lowest BCUT2D eigenvalue weighted by molar-refractivity contribution is -0.126. The molecule has 4 rings (SSSR count). The average Bonchev–Trinajstić information content (AvgIpc) is 3.22. The number of hydrogen-bond donors (Lipinski definition) is 1. The second-order valence-electron chi connectivity index (χ2n) is 6.89. The number of hydrogen-bond acceptors (Lipinski definition) is 5. The van der Waals surface area contributed by atoms with E-state index in [9.17, 15) is 4.79 Å². The Morgan fingerprint density at radius 1 is 1.33 bits per heavy atom. The van der Waals surface area contributed by atoms with Gasteiger partial charge in [0.25, 0.3) is 0 Å². The van der Waals surface area contributed by atoms with Gasteiger partial charge in [-0.2, -0.15) is 0 Å². The van der Waals surface area contributed by atoms with E-state index in [0.717, 1.165) is 37.6 Å². The fourth-order valence-corrected chi connectivity index (χ4v) is 4.71. The van der Waals surface area contributed by atoms with Crippen molar-refractivity contribution in [1.29, 1.82) is 0 Å². The van der Waals surface area contributed by atoms with Gasteiger partial charge < -0.3 is 14.8 Å². The summed E-state index contributed by atoms with van der Waals surface area (Å²) in [7, 11) is 0. The molecule has 1 saturated heterocycles. The molecule has 2 aromatic rings. The van der Waals surface area contributed by atoms with Gasteiger partial charge in [0.05, 0.1) is 25.2 Å². The van der Waals surface area contributed by atoms with Crippen LogP contribution in [0.1, 0.15) is 16.5 Å². The quantitative estimate of drug-likeness (QED) is 0.828. The van der Waals surface area contributed by atoms with E-state index in [1.807, 2.05) is 18.2 Å². The Balaban J connectivity index is 1.39. The molecule has 0 aliphatic carbocycles. The van der Waals surface area contributed by atoms with Gasteiger partial charge in [0.2, 0.25) is 5.91 Å². The number of thiophene rings is 1. The van der Waals surface area contributed by atoms with Crippen LogP contribution in [0.5, 0.6) is 5.75 Å². The first-order chi connectivity index (χ1) is 13.2. The van der Waals surface area contributed by atoms with Gasteiger partial charge in [0, 0.05) is 29.5 Å². The van der Waals surface area contributed by atoms with Crippen LogP contribution in [0.4, 0.5) is 0 Å². The maximum atomic E-state index is 12.8. The molecular weight excluding hydrogens is 384 g/mol. The number of carbonyl (C=O) groups is 1. The van der Waals surface area contributed by atoms with Crippen molar-refractivity contribution in [2.24, 2.45) is 5.92 Å². The number of benzene rings is 1. The summed E-state index contributed by atoms with van der Waals surface area (Å²) in [6, 6.07) is 9.96. The largest absolute Gasteiger partial charge is 0.492 e. The van der Waals surface area contributed by atoms with Crippen LogP contribution in [0.3, 0.4) is 0 Å². The number of nitrogens with zero attached hydrogens (tertiary/aromatic N) is 1. The van der Waals surface area contributed by atoms with Crippen molar-refractivity contribution in [1.82, 2.24) is 10.2 Å². The van der Waals surface area contributed by atoms with Crippen LogP contribution in [-0.2, 0) is 16.0 Å². The molecule has 0 saturated carbocycles. The number of halogens is 1. The van der Waals surface area contributed by atoms with Crippen LogP contribution in [0.15, 0.2) is 35.7 Å². The molecule has 2 atom stereocenters.